The molecule has 0 aromatic heterocycles. The Bertz CT molecular complexity index is 111. The van der Waals surface area contributed by atoms with Crippen molar-refractivity contribution in [3.05, 3.63) is 0 Å². The van der Waals surface area contributed by atoms with Crippen LogP contribution in [0.4, 0.5) is 0 Å². The van der Waals surface area contributed by atoms with Crippen molar-refractivity contribution >= 4 is 0 Å². The van der Waals surface area contributed by atoms with Crippen molar-refractivity contribution in [2.75, 3.05) is 20.1 Å². The monoisotopic (exact) mass is 186 g/mol. The molecule has 1 atom stereocenters. The first-order valence-corrected chi connectivity index (χ1v) is 5.46. The van der Waals surface area contributed by atoms with Crippen molar-refractivity contribution < 1.29 is 0 Å². The molecule has 0 saturated heterocycles. The first-order valence-electron chi connectivity index (χ1n) is 5.46. The fourth-order valence-corrected chi connectivity index (χ4v) is 1.27. The van der Waals surface area contributed by atoms with Crippen LogP contribution in [-0.4, -0.2) is 31.1 Å². The highest BCUT2D eigenvalue weighted by atomic mass is 15.1. The molecule has 0 aromatic rings. The van der Waals surface area contributed by atoms with E-state index in [4.69, 9.17) is 5.73 Å². The number of rotatable bonds is 7. The standard InChI is InChI=1S/C11H26N2/c1-10(2)7-9-13(4)8-5-6-11(3)12/h10-11H,5-9,12H2,1-4H3. The van der Waals surface area contributed by atoms with Gasteiger partial charge in [0.05, 0.1) is 0 Å². The van der Waals surface area contributed by atoms with Gasteiger partial charge in [-0.25, -0.2) is 0 Å². The SMILES string of the molecule is CC(C)CCN(C)CCCC(C)N. The van der Waals surface area contributed by atoms with E-state index >= 15 is 0 Å². The van der Waals surface area contributed by atoms with E-state index in [0.717, 1.165) is 12.3 Å². The lowest BCUT2D eigenvalue weighted by molar-refractivity contribution is 0.301. The van der Waals surface area contributed by atoms with Gasteiger partial charge >= 0.3 is 0 Å². The second-order valence-electron chi connectivity index (χ2n) is 4.61. The molecule has 0 radical (unpaired) electrons. The minimum atomic E-state index is 0.360. The highest BCUT2D eigenvalue weighted by Crippen LogP contribution is 2.02. The average Bonchev–Trinajstić information content (AvgIpc) is 2.00. The Morgan fingerprint density at radius 3 is 2.15 bits per heavy atom. The third-order valence-corrected chi connectivity index (χ3v) is 2.29. The molecule has 0 rings (SSSR count). The van der Waals surface area contributed by atoms with Gasteiger partial charge in [0.2, 0.25) is 0 Å². The Morgan fingerprint density at radius 2 is 1.69 bits per heavy atom. The minimum Gasteiger partial charge on any atom is -0.328 e. The van der Waals surface area contributed by atoms with Crippen molar-refractivity contribution in [3.8, 4) is 0 Å². The van der Waals surface area contributed by atoms with Crippen LogP contribution in [0.3, 0.4) is 0 Å². The van der Waals surface area contributed by atoms with Gasteiger partial charge in [-0.15, -0.1) is 0 Å². The van der Waals surface area contributed by atoms with Crippen LogP contribution >= 0.6 is 0 Å². The number of hydrogen-bond donors (Lipinski definition) is 1. The van der Waals surface area contributed by atoms with Gasteiger partial charge in [-0.05, 0) is 52.2 Å². The third kappa shape index (κ3) is 9.84. The van der Waals surface area contributed by atoms with Crippen LogP contribution in [0.2, 0.25) is 0 Å². The van der Waals surface area contributed by atoms with Gasteiger partial charge in [-0.1, -0.05) is 13.8 Å². The fraction of sp³-hybridized carbons (Fsp3) is 1.00. The Balaban J connectivity index is 3.25. The lowest BCUT2D eigenvalue weighted by Gasteiger charge is -2.18. The van der Waals surface area contributed by atoms with Crippen molar-refractivity contribution in [2.45, 2.75) is 46.1 Å². The smallest absolute Gasteiger partial charge is 0.00109 e. The van der Waals surface area contributed by atoms with Crippen LogP contribution in [-0.2, 0) is 0 Å². The highest BCUT2D eigenvalue weighted by molar-refractivity contribution is 4.58. The van der Waals surface area contributed by atoms with Gasteiger partial charge in [0.15, 0.2) is 0 Å². The van der Waals surface area contributed by atoms with Crippen LogP contribution in [0.15, 0.2) is 0 Å². The van der Waals surface area contributed by atoms with Crippen molar-refractivity contribution in [1.82, 2.24) is 4.90 Å². The molecule has 0 fully saturated rings. The first-order chi connectivity index (χ1) is 6.02. The zero-order chi connectivity index (χ0) is 10.3. The molecular formula is C11H26N2. The zero-order valence-corrected chi connectivity index (χ0v) is 9.71. The summed E-state index contributed by atoms with van der Waals surface area (Å²) in [5.41, 5.74) is 5.68. The molecule has 2 nitrogen and oxygen atoms in total. The van der Waals surface area contributed by atoms with Crippen molar-refractivity contribution in [2.24, 2.45) is 11.7 Å². The summed E-state index contributed by atoms with van der Waals surface area (Å²) < 4.78 is 0. The summed E-state index contributed by atoms with van der Waals surface area (Å²) in [4.78, 5) is 2.41. The molecule has 0 saturated carbocycles. The summed E-state index contributed by atoms with van der Waals surface area (Å²) in [6.45, 7) is 9.03. The van der Waals surface area contributed by atoms with Gasteiger partial charge in [0.1, 0.15) is 0 Å². The molecule has 0 heterocycles. The number of hydrogen-bond acceptors (Lipinski definition) is 2. The normalized spacial score (nSPS) is 14.1. The van der Waals surface area contributed by atoms with E-state index in [1.807, 2.05) is 0 Å². The van der Waals surface area contributed by atoms with Gasteiger partial charge in [0.25, 0.3) is 0 Å². The minimum absolute atomic E-state index is 0.360. The fourth-order valence-electron chi connectivity index (χ4n) is 1.27. The van der Waals surface area contributed by atoms with E-state index in [9.17, 15) is 0 Å². The quantitative estimate of drug-likeness (QED) is 0.659. The number of nitrogens with two attached hydrogens (primary N) is 1. The van der Waals surface area contributed by atoms with E-state index in [0.29, 0.717) is 6.04 Å². The van der Waals surface area contributed by atoms with Gasteiger partial charge < -0.3 is 10.6 Å². The molecule has 0 spiro atoms. The van der Waals surface area contributed by atoms with Crippen LogP contribution < -0.4 is 5.73 Å². The summed E-state index contributed by atoms with van der Waals surface area (Å²) in [5, 5.41) is 0. The second-order valence-corrected chi connectivity index (χ2v) is 4.61. The van der Waals surface area contributed by atoms with Gasteiger partial charge in [-0.3, -0.25) is 0 Å². The Kier molecular flexibility index (Phi) is 7.29. The topological polar surface area (TPSA) is 29.3 Å². The van der Waals surface area contributed by atoms with Gasteiger partial charge in [-0.2, -0.15) is 0 Å². The molecule has 0 amide bonds. The molecule has 2 N–H and O–H groups in total. The lowest BCUT2D eigenvalue weighted by atomic mass is 10.1. The Morgan fingerprint density at radius 1 is 1.08 bits per heavy atom. The maximum absolute atomic E-state index is 5.68. The molecule has 0 aliphatic carbocycles. The molecule has 1 unspecified atom stereocenters. The van der Waals surface area contributed by atoms with E-state index in [-0.39, 0.29) is 0 Å². The van der Waals surface area contributed by atoms with Crippen molar-refractivity contribution in [3.63, 3.8) is 0 Å². The molecular weight excluding hydrogens is 160 g/mol. The second kappa shape index (κ2) is 7.34. The summed E-state index contributed by atoms with van der Waals surface area (Å²) >= 11 is 0. The van der Waals surface area contributed by atoms with Crippen LogP contribution in [0, 0.1) is 5.92 Å². The van der Waals surface area contributed by atoms with E-state index in [1.165, 1.54) is 25.9 Å². The molecule has 0 bridgehead atoms. The van der Waals surface area contributed by atoms with Crippen LogP contribution in [0.25, 0.3) is 0 Å². The molecule has 80 valence electrons. The van der Waals surface area contributed by atoms with Crippen LogP contribution in [0.5, 0.6) is 0 Å². The summed E-state index contributed by atoms with van der Waals surface area (Å²) in [6, 6.07) is 0.360. The van der Waals surface area contributed by atoms with E-state index in [1.54, 1.807) is 0 Å². The summed E-state index contributed by atoms with van der Waals surface area (Å²) in [5.74, 6) is 0.816. The molecule has 0 aliphatic rings. The average molecular weight is 186 g/mol. The predicted molar refractivity (Wildman–Crippen MR) is 59.8 cm³/mol. The lowest BCUT2D eigenvalue weighted by Crippen LogP contribution is -2.24. The Hall–Kier alpha value is -0.0800. The van der Waals surface area contributed by atoms with Gasteiger partial charge in [0, 0.05) is 6.04 Å². The van der Waals surface area contributed by atoms with Crippen LogP contribution in [0.1, 0.15) is 40.0 Å². The van der Waals surface area contributed by atoms with E-state index in [2.05, 4.69) is 32.7 Å². The first kappa shape index (κ1) is 12.9. The maximum Gasteiger partial charge on any atom is 0.00109 e. The Labute approximate surface area is 83.5 Å². The predicted octanol–water partition coefficient (Wildman–Crippen LogP) is 2.09. The maximum atomic E-state index is 5.68. The zero-order valence-electron chi connectivity index (χ0n) is 9.71. The van der Waals surface area contributed by atoms with E-state index < -0.39 is 0 Å². The van der Waals surface area contributed by atoms with Crippen molar-refractivity contribution in [1.29, 1.82) is 0 Å². The molecule has 0 aromatic carbocycles. The largest absolute Gasteiger partial charge is 0.328 e. The number of nitrogens with zero attached hydrogens (tertiary/aromatic N) is 1. The highest BCUT2D eigenvalue weighted by Gasteiger charge is 2.01. The molecule has 13 heavy (non-hydrogen) atoms. The molecule has 0 aliphatic heterocycles. The third-order valence-electron chi connectivity index (χ3n) is 2.29. The summed E-state index contributed by atoms with van der Waals surface area (Å²) in [7, 11) is 2.20. The molecule has 2 heteroatoms. The summed E-state index contributed by atoms with van der Waals surface area (Å²) in [6.07, 6.45) is 3.67.